The summed E-state index contributed by atoms with van der Waals surface area (Å²) in [6.07, 6.45) is 21.5. The molecule has 116 valence electrons. The van der Waals surface area contributed by atoms with Gasteiger partial charge in [0.1, 0.15) is 0 Å². The average Bonchev–Trinajstić information content (AvgIpc) is 2.95. The number of aromatic nitrogens is 2. The van der Waals surface area contributed by atoms with E-state index in [2.05, 4.69) is 23.1 Å². The second-order valence-electron chi connectivity index (χ2n) is 5.43. The molecule has 0 aliphatic carbocycles. The highest BCUT2D eigenvalue weighted by atomic mass is 35.5. The summed E-state index contributed by atoms with van der Waals surface area (Å²) >= 11 is 0. The number of hydrogen-bond acceptors (Lipinski definition) is 1. The summed E-state index contributed by atoms with van der Waals surface area (Å²) in [6.45, 7) is 6.20. The molecule has 0 aromatic carbocycles. The van der Waals surface area contributed by atoms with Crippen LogP contribution in [-0.2, 0) is 0 Å². The van der Waals surface area contributed by atoms with Crippen LogP contribution in [-0.4, -0.2) is 9.55 Å². The minimum absolute atomic E-state index is 0. The molecule has 0 N–H and O–H groups in total. The quantitative estimate of drug-likeness (QED) is 0.344. The van der Waals surface area contributed by atoms with Crippen LogP contribution in [0.4, 0.5) is 0 Å². The summed E-state index contributed by atoms with van der Waals surface area (Å²) in [5.41, 5.74) is 0. The Kier molecular flexibility index (Phi) is 12.7. The first-order valence-electron chi connectivity index (χ1n) is 7.98. The highest BCUT2D eigenvalue weighted by Gasteiger charge is 2.04. The second-order valence-corrected chi connectivity index (χ2v) is 5.43. The molecule has 1 rings (SSSR count). The fourth-order valence-electron chi connectivity index (χ4n) is 2.52. The lowest BCUT2D eigenvalue weighted by Crippen LogP contribution is -2.03. The van der Waals surface area contributed by atoms with Gasteiger partial charge < -0.3 is 4.57 Å². The topological polar surface area (TPSA) is 17.8 Å². The van der Waals surface area contributed by atoms with Crippen molar-refractivity contribution in [3.8, 4) is 0 Å². The molecule has 0 saturated carbocycles. The van der Waals surface area contributed by atoms with Crippen LogP contribution >= 0.6 is 12.4 Å². The van der Waals surface area contributed by atoms with Crippen LogP contribution in [0, 0.1) is 0 Å². The van der Waals surface area contributed by atoms with Crippen LogP contribution in [0.2, 0.25) is 0 Å². The number of rotatable bonds is 12. The van der Waals surface area contributed by atoms with Gasteiger partial charge in [-0.3, -0.25) is 0 Å². The van der Waals surface area contributed by atoms with Gasteiger partial charge in [-0.2, -0.15) is 0 Å². The maximum Gasteiger partial charge on any atom is 0.0951 e. The third kappa shape index (κ3) is 8.42. The first-order valence-corrected chi connectivity index (χ1v) is 7.98. The number of nitrogens with zero attached hydrogens (tertiary/aromatic N) is 2. The van der Waals surface area contributed by atoms with Crippen LogP contribution in [0.5, 0.6) is 0 Å². The Morgan fingerprint density at radius 2 is 1.65 bits per heavy atom. The van der Waals surface area contributed by atoms with E-state index in [9.17, 15) is 0 Å². The summed E-state index contributed by atoms with van der Waals surface area (Å²) < 4.78 is 2.15. The molecule has 0 bridgehead atoms. The molecule has 20 heavy (non-hydrogen) atoms. The van der Waals surface area contributed by atoms with Crippen molar-refractivity contribution >= 4 is 12.4 Å². The molecule has 0 radical (unpaired) electrons. The zero-order chi connectivity index (χ0) is 13.8. The van der Waals surface area contributed by atoms with Crippen LogP contribution in [0.15, 0.2) is 31.4 Å². The third-order valence-corrected chi connectivity index (χ3v) is 3.78. The van der Waals surface area contributed by atoms with Crippen LogP contribution in [0.3, 0.4) is 0 Å². The second kappa shape index (κ2) is 13.2. The average molecular weight is 299 g/mol. The fourth-order valence-corrected chi connectivity index (χ4v) is 2.52. The molecule has 0 fully saturated rings. The van der Waals surface area contributed by atoms with E-state index in [1.807, 2.05) is 24.8 Å². The molecule has 1 heterocycles. The molecule has 3 heteroatoms. The number of allylic oxidation sites excluding steroid dienone is 1. The molecule has 1 aromatic heterocycles. The van der Waals surface area contributed by atoms with Gasteiger partial charge in [0.15, 0.2) is 0 Å². The first kappa shape index (κ1) is 19.2. The van der Waals surface area contributed by atoms with E-state index >= 15 is 0 Å². The largest absolute Gasteiger partial charge is 0.331 e. The smallest absolute Gasteiger partial charge is 0.0951 e. The molecule has 1 atom stereocenters. The normalized spacial score (nSPS) is 11.8. The Morgan fingerprint density at radius 3 is 2.15 bits per heavy atom. The van der Waals surface area contributed by atoms with Crippen LogP contribution in [0.1, 0.15) is 77.2 Å². The Morgan fingerprint density at radius 1 is 1.05 bits per heavy atom. The molecule has 0 amide bonds. The minimum atomic E-state index is 0. The predicted octanol–water partition coefficient (Wildman–Crippen LogP) is 5.95. The molecular formula is C17H31ClN2. The van der Waals surface area contributed by atoms with Crippen molar-refractivity contribution in [2.24, 2.45) is 0 Å². The van der Waals surface area contributed by atoms with Gasteiger partial charge in [0.05, 0.1) is 12.4 Å². The monoisotopic (exact) mass is 298 g/mol. The molecule has 1 aromatic rings. The van der Waals surface area contributed by atoms with Crippen molar-refractivity contribution in [1.82, 2.24) is 9.55 Å². The summed E-state index contributed by atoms with van der Waals surface area (Å²) in [7, 11) is 0. The molecule has 0 aliphatic heterocycles. The molecular weight excluding hydrogens is 268 g/mol. The van der Waals surface area contributed by atoms with E-state index in [1.54, 1.807) is 0 Å². The van der Waals surface area contributed by atoms with Crippen molar-refractivity contribution in [3.05, 3.63) is 31.4 Å². The van der Waals surface area contributed by atoms with E-state index < -0.39 is 0 Å². The minimum Gasteiger partial charge on any atom is -0.331 e. The third-order valence-electron chi connectivity index (χ3n) is 3.78. The van der Waals surface area contributed by atoms with Crippen molar-refractivity contribution in [2.75, 3.05) is 0 Å². The summed E-state index contributed by atoms with van der Waals surface area (Å²) in [4.78, 5) is 4.10. The lowest BCUT2D eigenvalue weighted by molar-refractivity contribution is 0.498. The summed E-state index contributed by atoms with van der Waals surface area (Å²) in [5, 5.41) is 0. The van der Waals surface area contributed by atoms with Gasteiger partial charge in [-0.1, -0.05) is 70.8 Å². The van der Waals surface area contributed by atoms with E-state index in [1.165, 1.54) is 64.2 Å². The Bertz CT molecular complexity index is 309. The first-order chi connectivity index (χ1) is 9.38. The van der Waals surface area contributed by atoms with Crippen molar-refractivity contribution in [2.45, 2.75) is 77.2 Å². The standard InChI is InChI=1S/C17H30N2.ClH/c1-3-5-6-7-8-9-10-11-12-13-17(4-2)19-15-14-18-16-19;/h4,14-17H,2-3,5-13H2,1H3;1H. The van der Waals surface area contributed by atoms with E-state index in [-0.39, 0.29) is 12.4 Å². The molecule has 2 nitrogen and oxygen atoms in total. The van der Waals surface area contributed by atoms with Crippen molar-refractivity contribution < 1.29 is 0 Å². The molecule has 0 saturated heterocycles. The zero-order valence-electron chi connectivity index (χ0n) is 13.0. The Balaban J connectivity index is 0.00000361. The highest BCUT2D eigenvalue weighted by molar-refractivity contribution is 5.85. The van der Waals surface area contributed by atoms with Crippen molar-refractivity contribution in [3.63, 3.8) is 0 Å². The number of halogens is 1. The van der Waals surface area contributed by atoms with Crippen LogP contribution in [0.25, 0.3) is 0 Å². The van der Waals surface area contributed by atoms with E-state index in [4.69, 9.17) is 0 Å². The van der Waals surface area contributed by atoms with Gasteiger partial charge in [-0.05, 0) is 6.42 Å². The van der Waals surface area contributed by atoms with Gasteiger partial charge in [0, 0.05) is 12.4 Å². The van der Waals surface area contributed by atoms with Gasteiger partial charge in [0.25, 0.3) is 0 Å². The number of unbranched alkanes of at least 4 members (excludes halogenated alkanes) is 8. The fraction of sp³-hybridized carbons (Fsp3) is 0.706. The van der Waals surface area contributed by atoms with Gasteiger partial charge >= 0.3 is 0 Å². The van der Waals surface area contributed by atoms with Gasteiger partial charge in [-0.25, -0.2) is 4.98 Å². The van der Waals surface area contributed by atoms with E-state index in [0.29, 0.717) is 6.04 Å². The van der Waals surface area contributed by atoms with Gasteiger partial charge in [-0.15, -0.1) is 19.0 Å². The maximum absolute atomic E-state index is 4.10. The molecule has 1 unspecified atom stereocenters. The Hall–Kier alpha value is -0.760. The SMILES string of the molecule is C=CC(CCCCCCCCCCC)n1ccnc1.Cl. The number of hydrogen-bond donors (Lipinski definition) is 0. The van der Waals surface area contributed by atoms with Crippen molar-refractivity contribution in [1.29, 1.82) is 0 Å². The predicted molar refractivity (Wildman–Crippen MR) is 90.6 cm³/mol. The highest BCUT2D eigenvalue weighted by Crippen LogP contribution is 2.17. The molecule has 0 aliphatic rings. The maximum atomic E-state index is 4.10. The van der Waals surface area contributed by atoms with Crippen LogP contribution < -0.4 is 0 Å². The van der Waals surface area contributed by atoms with E-state index in [0.717, 1.165) is 0 Å². The van der Waals surface area contributed by atoms with Gasteiger partial charge in [0.2, 0.25) is 0 Å². The lowest BCUT2D eigenvalue weighted by Gasteiger charge is -2.13. The summed E-state index contributed by atoms with van der Waals surface area (Å²) in [5.74, 6) is 0. The molecule has 0 spiro atoms. The number of imidazole rings is 1. The lowest BCUT2D eigenvalue weighted by atomic mass is 10.0. The zero-order valence-corrected chi connectivity index (χ0v) is 13.8. The summed E-state index contributed by atoms with van der Waals surface area (Å²) in [6, 6.07) is 0.423. The Labute approximate surface area is 131 Å².